The maximum Gasteiger partial charge on any atom is 0.164 e. The van der Waals surface area contributed by atoms with Crippen LogP contribution in [0.4, 0.5) is 0 Å². The first-order chi connectivity index (χ1) is 9.15. The predicted molar refractivity (Wildman–Crippen MR) is 74.1 cm³/mol. The topological polar surface area (TPSA) is 44.1 Å². The van der Waals surface area contributed by atoms with E-state index in [9.17, 15) is 4.79 Å². The van der Waals surface area contributed by atoms with Gasteiger partial charge >= 0.3 is 0 Å². The average molecular weight is 264 g/mol. The van der Waals surface area contributed by atoms with Gasteiger partial charge in [-0.25, -0.2) is 0 Å². The van der Waals surface area contributed by atoms with Gasteiger partial charge in [0.1, 0.15) is 6.61 Å². The minimum Gasteiger partial charge on any atom is -0.371 e. The molecular weight excluding hydrogens is 240 g/mol. The molecule has 0 radical (unpaired) electrons. The van der Waals surface area contributed by atoms with Crippen LogP contribution in [0, 0.1) is 0 Å². The van der Waals surface area contributed by atoms with Crippen molar-refractivity contribution in [2.24, 2.45) is 0 Å². The first-order valence-electron chi connectivity index (χ1n) is 7.32. The number of ketones is 1. The lowest BCUT2D eigenvalue weighted by Crippen LogP contribution is -2.16. The van der Waals surface area contributed by atoms with Gasteiger partial charge in [0, 0.05) is 6.20 Å². The van der Waals surface area contributed by atoms with E-state index in [0.717, 1.165) is 5.69 Å². The van der Waals surface area contributed by atoms with Crippen LogP contribution in [-0.4, -0.2) is 28.3 Å². The summed E-state index contributed by atoms with van der Waals surface area (Å²) in [5, 5.41) is 4.54. The number of hydrogen-bond acceptors (Lipinski definition) is 3. The van der Waals surface area contributed by atoms with Crippen LogP contribution in [0.25, 0.3) is 0 Å². The molecule has 0 spiro atoms. The molecule has 1 heterocycles. The molecule has 106 valence electrons. The molecule has 0 unspecified atom stereocenters. The highest BCUT2D eigenvalue weighted by Crippen LogP contribution is 2.27. The molecular formula is C15H24N2O2. The molecule has 0 aromatic carbocycles. The van der Waals surface area contributed by atoms with Crippen molar-refractivity contribution >= 4 is 5.78 Å². The zero-order valence-corrected chi connectivity index (χ0v) is 12.0. The van der Waals surface area contributed by atoms with Gasteiger partial charge in [-0.15, -0.1) is 0 Å². The van der Waals surface area contributed by atoms with Crippen molar-refractivity contribution in [2.45, 2.75) is 64.5 Å². The third-order valence-corrected chi connectivity index (χ3v) is 3.57. The minimum absolute atomic E-state index is 0.0996. The molecule has 1 aliphatic carbocycles. The Bertz CT molecular complexity index is 406. The standard InChI is InChI=1S/C15H24N2O2/c1-12(2)19-11-15(18)10-13-8-9-17(16-13)14-6-4-3-5-7-14/h8-9,12,14H,3-7,10-11H2,1-2H3. The van der Waals surface area contributed by atoms with E-state index in [4.69, 9.17) is 4.74 Å². The normalized spacial score (nSPS) is 17.0. The molecule has 1 fully saturated rings. The first-order valence-corrected chi connectivity index (χ1v) is 7.32. The molecule has 0 N–H and O–H groups in total. The summed E-state index contributed by atoms with van der Waals surface area (Å²) in [7, 11) is 0. The van der Waals surface area contributed by atoms with Crippen LogP contribution in [0.1, 0.15) is 57.7 Å². The van der Waals surface area contributed by atoms with Gasteiger partial charge in [0.25, 0.3) is 0 Å². The molecule has 1 saturated carbocycles. The van der Waals surface area contributed by atoms with Gasteiger partial charge in [-0.05, 0) is 32.8 Å². The fourth-order valence-electron chi connectivity index (χ4n) is 2.53. The van der Waals surface area contributed by atoms with Crippen molar-refractivity contribution in [1.82, 2.24) is 9.78 Å². The first kappa shape index (κ1) is 14.3. The summed E-state index contributed by atoms with van der Waals surface area (Å²) in [6.45, 7) is 4.06. The molecule has 4 heteroatoms. The van der Waals surface area contributed by atoms with E-state index >= 15 is 0 Å². The minimum atomic E-state index is 0.0996. The molecule has 2 rings (SSSR count). The van der Waals surface area contributed by atoms with E-state index in [-0.39, 0.29) is 18.5 Å². The monoisotopic (exact) mass is 264 g/mol. The number of nitrogens with zero attached hydrogens (tertiary/aromatic N) is 2. The summed E-state index contributed by atoms with van der Waals surface area (Å²) in [6, 6.07) is 2.49. The number of aromatic nitrogens is 2. The molecule has 19 heavy (non-hydrogen) atoms. The third-order valence-electron chi connectivity index (χ3n) is 3.57. The van der Waals surface area contributed by atoms with Crippen molar-refractivity contribution in [3.05, 3.63) is 18.0 Å². The van der Waals surface area contributed by atoms with Gasteiger partial charge in [0.2, 0.25) is 0 Å². The van der Waals surface area contributed by atoms with Gasteiger partial charge in [-0.1, -0.05) is 19.3 Å². The molecule has 0 aliphatic heterocycles. The fourth-order valence-corrected chi connectivity index (χ4v) is 2.53. The highest BCUT2D eigenvalue weighted by molar-refractivity contribution is 5.81. The van der Waals surface area contributed by atoms with Crippen LogP contribution in [-0.2, 0) is 16.0 Å². The summed E-state index contributed by atoms with van der Waals surface area (Å²) >= 11 is 0. The van der Waals surface area contributed by atoms with Crippen molar-refractivity contribution in [1.29, 1.82) is 0 Å². The van der Waals surface area contributed by atoms with E-state index in [1.54, 1.807) is 0 Å². The average Bonchev–Trinajstić information content (AvgIpc) is 2.86. The molecule has 1 aliphatic rings. The van der Waals surface area contributed by atoms with Crippen LogP contribution < -0.4 is 0 Å². The summed E-state index contributed by atoms with van der Waals surface area (Å²) in [5.74, 6) is 0.0996. The summed E-state index contributed by atoms with van der Waals surface area (Å²) in [4.78, 5) is 11.7. The Morgan fingerprint density at radius 2 is 2.16 bits per heavy atom. The molecule has 4 nitrogen and oxygen atoms in total. The largest absolute Gasteiger partial charge is 0.371 e. The Kier molecular flexibility index (Phi) is 5.14. The fraction of sp³-hybridized carbons (Fsp3) is 0.733. The quantitative estimate of drug-likeness (QED) is 0.793. The lowest BCUT2D eigenvalue weighted by molar-refractivity contribution is -0.124. The highest BCUT2D eigenvalue weighted by atomic mass is 16.5. The van der Waals surface area contributed by atoms with Gasteiger partial charge in [-0.3, -0.25) is 9.48 Å². The van der Waals surface area contributed by atoms with Crippen molar-refractivity contribution < 1.29 is 9.53 Å². The Morgan fingerprint density at radius 1 is 1.42 bits per heavy atom. The lowest BCUT2D eigenvalue weighted by atomic mass is 9.96. The van der Waals surface area contributed by atoms with Crippen molar-refractivity contribution in [3.63, 3.8) is 0 Å². The van der Waals surface area contributed by atoms with Gasteiger partial charge in [0.15, 0.2) is 5.78 Å². The van der Waals surface area contributed by atoms with Crippen LogP contribution in [0.3, 0.4) is 0 Å². The number of rotatable bonds is 6. The number of carbonyl (C=O) groups excluding carboxylic acids is 1. The van der Waals surface area contributed by atoms with Crippen molar-refractivity contribution in [3.8, 4) is 0 Å². The van der Waals surface area contributed by atoms with Crippen molar-refractivity contribution in [2.75, 3.05) is 6.61 Å². The second-order valence-electron chi connectivity index (χ2n) is 5.65. The summed E-state index contributed by atoms with van der Waals surface area (Å²) < 4.78 is 7.36. The van der Waals surface area contributed by atoms with Gasteiger partial charge in [0.05, 0.1) is 24.3 Å². The number of ether oxygens (including phenoxy) is 1. The van der Waals surface area contributed by atoms with Crippen LogP contribution in [0.15, 0.2) is 12.3 Å². The highest BCUT2D eigenvalue weighted by Gasteiger charge is 2.16. The number of Topliss-reactive ketones (excluding diaryl/α,β-unsaturated/α-hetero) is 1. The SMILES string of the molecule is CC(C)OCC(=O)Cc1ccn(C2CCCCC2)n1. The number of hydrogen-bond donors (Lipinski definition) is 0. The summed E-state index contributed by atoms with van der Waals surface area (Å²) in [6.07, 6.45) is 8.85. The molecule has 0 saturated heterocycles. The lowest BCUT2D eigenvalue weighted by Gasteiger charge is -2.21. The Balaban J connectivity index is 1.84. The van der Waals surface area contributed by atoms with E-state index in [0.29, 0.717) is 12.5 Å². The van der Waals surface area contributed by atoms with E-state index in [1.165, 1.54) is 32.1 Å². The third kappa shape index (κ3) is 4.46. The molecule has 1 aromatic heterocycles. The summed E-state index contributed by atoms with van der Waals surface area (Å²) in [5.41, 5.74) is 0.864. The van der Waals surface area contributed by atoms with E-state index < -0.39 is 0 Å². The smallest absolute Gasteiger partial charge is 0.164 e. The predicted octanol–water partition coefficient (Wildman–Crippen LogP) is 2.92. The Hall–Kier alpha value is -1.16. The van der Waals surface area contributed by atoms with Gasteiger partial charge < -0.3 is 4.74 Å². The second-order valence-corrected chi connectivity index (χ2v) is 5.65. The molecule has 0 atom stereocenters. The van der Waals surface area contributed by atoms with Crippen LogP contribution in [0.2, 0.25) is 0 Å². The molecule has 0 bridgehead atoms. The van der Waals surface area contributed by atoms with E-state index in [1.807, 2.05) is 30.8 Å². The van der Waals surface area contributed by atoms with Gasteiger partial charge in [-0.2, -0.15) is 5.10 Å². The maximum atomic E-state index is 11.7. The maximum absolute atomic E-state index is 11.7. The van der Waals surface area contributed by atoms with Crippen LogP contribution >= 0.6 is 0 Å². The molecule has 0 amide bonds. The zero-order chi connectivity index (χ0) is 13.7. The van der Waals surface area contributed by atoms with E-state index in [2.05, 4.69) is 5.10 Å². The molecule has 1 aromatic rings. The number of carbonyl (C=O) groups is 1. The Labute approximate surface area is 115 Å². The Morgan fingerprint density at radius 3 is 2.84 bits per heavy atom. The van der Waals surface area contributed by atoms with Crippen LogP contribution in [0.5, 0.6) is 0 Å². The zero-order valence-electron chi connectivity index (χ0n) is 12.0. The second kappa shape index (κ2) is 6.85.